The molecule has 1 amide bonds. The van der Waals surface area contributed by atoms with E-state index < -0.39 is 17.7 Å². The minimum Gasteiger partial charge on any atom is -0.497 e. The smallest absolute Gasteiger partial charge is 0.434 e. The van der Waals surface area contributed by atoms with Gasteiger partial charge in [0.2, 0.25) is 0 Å². The summed E-state index contributed by atoms with van der Waals surface area (Å²) in [5.41, 5.74) is -0.325. The predicted molar refractivity (Wildman–Crippen MR) is 139 cm³/mol. The highest BCUT2D eigenvalue weighted by atomic mass is 32.2. The molecule has 2 aromatic carbocycles. The van der Waals surface area contributed by atoms with Gasteiger partial charge in [-0.15, -0.1) is 11.8 Å². The SMILES string of the molecule is COC(=O)N=C(SC)C(=Nc1ccc(C#N)c(F)c1)c1cc(OC)cc(OCCOC2CCCCO2)c1F. The van der Waals surface area contributed by atoms with E-state index in [9.17, 15) is 9.18 Å². The van der Waals surface area contributed by atoms with E-state index in [4.69, 9.17) is 24.2 Å². The molecule has 1 heterocycles. The Hall–Kier alpha value is -3.53. The molecule has 0 spiro atoms. The second kappa shape index (κ2) is 14.4. The van der Waals surface area contributed by atoms with E-state index in [1.54, 1.807) is 12.3 Å². The average molecular weight is 548 g/mol. The number of thioether (sulfide) groups is 1. The highest BCUT2D eigenvalue weighted by Crippen LogP contribution is 2.31. The van der Waals surface area contributed by atoms with Crippen molar-refractivity contribution < 1.29 is 37.3 Å². The van der Waals surface area contributed by atoms with Crippen LogP contribution in [0.25, 0.3) is 0 Å². The first kappa shape index (κ1) is 29.0. The molecule has 0 radical (unpaired) electrons. The summed E-state index contributed by atoms with van der Waals surface area (Å²) < 4.78 is 56.9. The van der Waals surface area contributed by atoms with Crippen LogP contribution >= 0.6 is 11.8 Å². The Morgan fingerprint density at radius 1 is 1.21 bits per heavy atom. The molecule has 1 aliphatic rings. The maximum Gasteiger partial charge on any atom is 0.434 e. The van der Waals surface area contributed by atoms with Gasteiger partial charge < -0.3 is 23.7 Å². The quantitative estimate of drug-likeness (QED) is 0.233. The van der Waals surface area contributed by atoms with Crippen LogP contribution in [-0.4, -0.2) is 63.4 Å². The summed E-state index contributed by atoms with van der Waals surface area (Å²) in [5.74, 6) is -1.52. The molecule has 202 valence electrons. The van der Waals surface area contributed by atoms with Crippen molar-refractivity contribution in [3.63, 3.8) is 0 Å². The third-order valence-electron chi connectivity index (χ3n) is 5.36. The fourth-order valence-corrected chi connectivity index (χ4v) is 4.00. The van der Waals surface area contributed by atoms with Gasteiger partial charge in [0.1, 0.15) is 35.0 Å². The molecule has 0 bridgehead atoms. The number of methoxy groups -OCH3 is 2. The van der Waals surface area contributed by atoms with Crippen LogP contribution in [-0.2, 0) is 14.2 Å². The summed E-state index contributed by atoms with van der Waals surface area (Å²) >= 11 is 1.00. The van der Waals surface area contributed by atoms with E-state index in [1.807, 2.05) is 0 Å². The summed E-state index contributed by atoms with van der Waals surface area (Å²) in [5, 5.41) is 9.01. The van der Waals surface area contributed by atoms with Gasteiger partial charge in [0.25, 0.3) is 0 Å². The Kier molecular flexibility index (Phi) is 11.0. The summed E-state index contributed by atoms with van der Waals surface area (Å²) in [7, 11) is 2.55. The number of ether oxygens (including phenoxy) is 5. The number of nitrogens with zero attached hydrogens (tertiary/aromatic N) is 3. The first-order chi connectivity index (χ1) is 18.4. The molecule has 0 aliphatic carbocycles. The Balaban J connectivity index is 2.00. The Morgan fingerprint density at radius 2 is 2.03 bits per heavy atom. The summed E-state index contributed by atoms with van der Waals surface area (Å²) in [6.07, 6.45) is 3.14. The molecule has 38 heavy (non-hydrogen) atoms. The second-order valence-electron chi connectivity index (χ2n) is 7.83. The van der Waals surface area contributed by atoms with Crippen molar-refractivity contribution in [3.05, 3.63) is 53.1 Å². The maximum absolute atomic E-state index is 15.8. The van der Waals surface area contributed by atoms with Crippen LogP contribution < -0.4 is 9.47 Å². The van der Waals surface area contributed by atoms with Crippen molar-refractivity contribution in [3.8, 4) is 17.6 Å². The number of hydrogen-bond donors (Lipinski definition) is 0. The Morgan fingerprint density at radius 3 is 2.66 bits per heavy atom. The van der Waals surface area contributed by atoms with Gasteiger partial charge in [-0.1, -0.05) is 0 Å². The van der Waals surface area contributed by atoms with Gasteiger partial charge in [-0.3, -0.25) is 0 Å². The van der Waals surface area contributed by atoms with Crippen LogP contribution in [0.4, 0.5) is 19.3 Å². The molecular formula is C26H27F2N3O6S. The van der Waals surface area contributed by atoms with Crippen LogP contribution in [0, 0.1) is 23.0 Å². The van der Waals surface area contributed by atoms with Gasteiger partial charge in [-0.25, -0.2) is 18.6 Å². The van der Waals surface area contributed by atoms with Crippen LogP contribution in [0.15, 0.2) is 40.3 Å². The molecular weight excluding hydrogens is 520 g/mol. The fraction of sp³-hybridized carbons (Fsp3) is 0.385. The summed E-state index contributed by atoms with van der Waals surface area (Å²) in [4.78, 5) is 20.2. The molecule has 1 fully saturated rings. The van der Waals surface area contributed by atoms with Gasteiger partial charge in [0.15, 0.2) is 17.9 Å². The third kappa shape index (κ3) is 7.74. The van der Waals surface area contributed by atoms with Crippen molar-refractivity contribution >= 4 is 34.3 Å². The topological polar surface area (TPSA) is 112 Å². The number of amides is 1. The van der Waals surface area contributed by atoms with Gasteiger partial charge >= 0.3 is 6.09 Å². The van der Waals surface area contributed by atoms with E-state index >= 15 is 4.39 Å². The molecule has 2 aromatic rings. The second-order valence-corrected chi connectivity index (χ2v) is 8.62. The monoisotopic (exact) mass is 547 g/mol. The molecule has 1 atom stereocenters. The number of carbonyl (C=O) groups is 1. The average Bonchev–Trinajstić information content (AvgIpc) is 2.94. The third-order valence-corrected chi connectivity index (χ3v) is 6.03. The fourth-order valence-electron chi connectivity index (χ4n) is 3.48. The van der Waals surface area contributed by atoms with Crippen molar-refractivity contribution in [1.29, 1.82) is 5.26 Å². The zero-order chi connectivity index (χ0) is 27.5. The van der Waals surface area contributed by atoms with E-state index in [2.05, 4.69) is 14.7 Å². The summed E-state index contributed by atoms with van der Waals surface area (Å²) in [6, 6.07) is 8.11. The number of carbonyl (C=O) groups excluding carboxylic acids is 1. The Bertz CT molecular complexity index is 1240. The molecule has 1 saturated heterocycles. The standard InChI is InChI=1S/C26H27F2N3O6S/c1-33-18-13-19(23(28)21(14-18)35-10-11-37-22-6-4-5-9-36-22)24(25(38-3)31-26(32)34-2)30-17-8-7-16(15-29)20(27)12-17/h7-8,12-14,22H,4-6,9-11H2,1-3H3. The zero-order valence-electron chi connectivity index (χ0n) is 21.2. The largest absolute Gasteiger partial charge is 0.497 e. The number of halogens is 2. The molecule has 1 unspecified atom stereocenters. The molecule has 3 rings (SSSR count). The highest BCUT2D eigenvalue weighted by Gasteiger charge is 2.23. The number of aliphatic imine (C=N–C) groups is 2. The lowest BCUT2D eigenvalue weighted by molar-refractivity contribution is -0.165. The van der Waals surface area contributed by atoms with Crippen molar-refractivity contribution in [2.45, 2.75) is 25.6 Å². The van der Waals surface area contributed by atoms with Crippen LogP contribution in [0.3, 0.4) is 0 Å². The zero-order valence-corrected chi connectivity index (χ0v) is 22.0. The number of rotatable bonds is 9. The molecule has 0 aromatic heterocycles. The molecule has 9 nitrogen and oxygen atoms in total. The van der Waals surface area contributed by atoms with Crippen molar-refractivity contribution in [1.82, 2.24) is 0 Å². The first-order valence-electron chi connectivity index (χ1n) is 11.6. The molecule has 12 heteroatoms. The molecule has 1 aliphatic heterocycles. The molecule has 0 N–H and O–H groups in total. The lowest BCUT2D eigenvalue weighted by Crippen LogP contribution is -2.24. The normalized spacial score (nSPS) is 16.1. The first-order valence-corrected chi connectivity index (χ1v) is 12.9. The lowest BCUT2D eigenvalue weighted by Gasteiger charge is -2.22. The van der Waals surface area contributed by atoms with E-state index in [0.29, 0.717) is 6.61 Å². The lowest BCUT2D eigenvalue weighted by atomic mass is 10.1. The van der Waals surface area contributed by atoms with Crippen LogP contribution in [0.5, 0.6) is 11.5 Å². The predicted octanol–water partition coefficient (Wildman–Crippen LogP) is 5.42. The van der Waals surface area contributed by atoms with Crippen molar-refractivity contribution in [2.24, 2.45) is 9.98 Å². The van der Waals surface area contributed by atoms with Gasteiger partial charge in [-0.05, 0) is 43.7 Å². The van der Waals surface area contributed by atoms with Gasteiger partial charge in [-0.2, -0.15) is 10.3 Å². The van der Waals surface area contributed by atoms with Gasteiger partial charge in [0.05, 0.1) is 32.1 Å². The summed E-state index contributed by atoms with van der Waals surface area (Å²) in [6.45, 7) is 0.833. The number of benzene rings is 2. The number of hydrogen-bond acceptors (Lipinski definition) is 9. The van der Waals surface area contributed by atoms with Crippen LogP contribution in [0.2, 0.25) is 0 Å². The van der Waals surface area contributed by atoms with Crippen LogP contribution in [0.1, 0.15) is 30.4 Å². The van der Waals surface area contributed by atoms with E-state index in [-0.39, 0.29) is 58.6 Å². The van der Waals surface area contributed by atoms with E-state index in [1.165, 1.54) is 31.4 Å². The van der Waals surface area contributed by atoms with E-state index in [0.717, 1.165) is 44.2 Å². The number of nitriles is 1. The van der Waals surface area contributed by atoms with Gasteiger partial charge in [0, 0.05) is 24.3 Å². The maximum atomic E-state index is 15.8. The molecule has 0 saturated carbocycles. The minimum atomic E-state index is -0.935. The van der Waals surface area contributed by atoms with Crippen molar-refractivity contribution in [2.75, 3.05) is 40.3 Å². The highest BCUT2D eigenvalue weighted by molar-refractivity contribution is 8.15. The minimum absolute atomic E-state index is 0.00231. The Labute approximate surface area is 223 Å².